The van der Waals surface area contributed by atoms with Gasteiger partial charge < -0.3 is 20.7 Å². The van der Waals surface area contributed by atoms with Gasteiger partial charge in [0.15, 0.2) is 5.96 Å². The molecule has 0 heterocycles. The van der Waals surface area contributed by atoms with Gasteiger partial charge in [-0.2, -0.15) is 0 Å². The molecule has 1 atom stereocenters. The van der Waals surface area contributed by atoms with Crippen molar-refractivity contribution in [2.45, 2.75) is 33.8 Å². The highest BCUT2D eigenvalue weighted by Crippen LogP contribution is 2.24. The number of benzene rings is 1. The van der Waals surface area contributed by atoms with Crippen molar-refractivity contribution in [3.63, 3.8) is 0 Å². The van der Waals surface area contributed by atoms with Crippen LogP contribution in [0.3, 0.4) is 0 Å². The number of para-hydroxylation sites is 1. The molecule has 0 bridgehead atoms. The second-order valence-electron chi connectivity index (χ2n) is 5.95. The van der Waals surface area contributed by atoms with Gasteiger partial charge in [-0.25, -0.2) is 4.99 Å². The lowest BCUT2D eigenvalue weighted by molar-refractivity contribution is -0.123. The van der Waals surface area contributed by atoms with E-state index in [0.29, 0.717) is 25.6 Å². The Bertz CT molecular complexity index is 570. The fraction of sp³-hybridized carbons (Fsp3) is 0.556. The van der Waals surface area contributed by atoms with E-state index in [1.807, 2.05) is 52.0 Å². The highest BCUT2D eigenvalue weighted by atomic mass is 127. The number of amides is 1. The number of hydrogen-bond donors (Lipinski definition) is 3. The van der Waals surface area contributed by atoms with E-state index in [9.17, 15) is 4.79 Å². The molecule has 0 saturated carbocycles. The molecule has 26 heavy (non-hydrogen) atoms. The average molecular weight is 541 g/mol. The van der Waals surface area contributed by atoms with E-state index in [-0.39, 0.29) is 41.9 Å². The third kappa shape index (κ3) is 10.2. The van der Waals surface area contributed by atoms with Gasteiger partial charge in [0.1, 0.15) is 11.9 Å². The van der Waals surface area contributed by atoms with Crippen LogP contribution in [0.25, 0.3) is 0 Å². The Hall–Kier alpha value is -1.03. The van der Waals surface area contributed by atoms with Crippen LogP contribution in [0.2, 0.25) is 0 Å². The van der Waals surface area contributed by atoms with Gasteiger partial charge in [0.2, 0.25) is 5.91 Å². The summed E-state index contributed by atoms with van der Waals surface area (Å²) in [7, 11) is 0. The molecule has 1 amide bonds. The Morgan fingerprint density at radius 1 is 1.15 bits per heavy atom. The summed E-state index contributed by atoms with van der Waals surface area (Å²) in [5, 5.41) is 9.26. The molecule has 148 valence electrons. The fourth-order valence-electron chi connectivity index (χ4n) is 1.93. The number of carbonyl (C=O) groups is 1. The first-order chi connectivity index (χ1) is 11.9. The molecular formula is C18H30BrIN4O2. The van der Waals surface area contributed by atoms with Crippen LogP contribution in [-0.4, -0.2) is 44.1 Å². The Morgan fingerprint density at radius 3 is 2.42 bits per heavy atom. The number of ether oxygens (including phenoxy) is 1. The summed E-state index contributed by atoms with van der Waals surface area (Å²) in [6.07, 6.45) is -0.0604. The summed E-state index contributed by atoms with van der Waals surface area (Å²) in [5.74, 6) is 1.57. The van der Waals surface area contributed by atoms with Crippen molar-refractivity contribution in [3.05, 3.63) is 28.7 Å². The van der Waals surface area contributed by atoms with E-state index in [0.717, 1.165) is 16.8 Å². The van der Waals surface area contributed by atoms with Crippen LogP contribution in [0, 0.1) is 5.92 Å². The van der Waals surface area contributed by atoms with Gasteiger partial charge in [-0.05, 0) is 41.9 Å². The molecule has 0 spiro atoms. The molecule has 0 saturated heterocycles. The summed E-state index contributed by atoms with van der Waals surface area (Å²) < 4.78 is 6.82. The van der Waals surface area contributed by atoms with Crippen LogP contribution >= 0.6 is 39.9 Å². The second kappa shape index (κ2) is 14.1. The number of nitrogens with zero attached hydrogens (tertiary/aromatic N) is 1. The molecule has 1 aromatic carbocycles. The first-order valence-corrected chi connectivity index (χ1v) is 9.44. The van der Waals surface area contributed by atoms with Gasteiger partial charge in [-0.1, -0.05) is 26.0 Å². The van der Waals surface area contributed by atoms with E-state index >= 15 is 0 Å². The largest absolute Gasteiger partial charge is 0.488 e. The molecule has 1 rings (SSSR count). The molecule has 3 N–H and O–H groups in total. The predicted molar refractivity (Wildman–Crippen MR) is 121 cm³/mol. The molecule has 6 nitrogen and oxygen atoms in total. The normalized spacial score (nSPS) is 12.2. The smallest absolute Gasteiger partial charge is 0.222 e. The van der Waals surface area contributed by atoms with Crippen molar-refractivity contribution >= 4 is 51.8 Å². The number of nitrogens with one attached hydrogen (secondary N) is 3. The monoisotopic (exact) mass is 540 g/mol. The van der Waals surface area contributed by atoms with Crippen LogP contribution in [0.1, 0.15) is 27.7 Å². The van der Waals surface area contributed by atoms with Gasteiger partial charge in [0.05, 0.1) is 11.0 Å². The van der Waals surface area contributed by atoms with Crippen LogP contribution in [-0.2, 0) is 4.79 Å². The molecule has 1 aromatic rings. The minimum absolute atomic E-state index is 0. The minimum Gasteiger partial charge on any atom is -0.488 e. The van der Waals surface area contributed by atoms with Crippen LogP contribution in [0.4, 0.5) is 0 Å². The lowest BCUT2D eigenvalue weighted by atomic mass is 10.2. The first-order valence-electron chi connectivity index (χ1n) is 8.65. The Labute approximate surface area is 182 Å². The van der Waals surface area contributed by atoms with Crippen molar-refractivity contribution < 1.29 is 9.53 Å². The summed E-state index contributed by atoms with van der Waals surface area (Å²) in [6, 6.07) is 7.76. The number of guanidine groups is 1. The van der Waals surface area contributed by atoms with E-state index < -0.39 is 0 Å². The number of aliphatic imine (C=N–C) groups is 1. The maximum atomic E-state index is 11.5. The summed E-state index contributed by atoms with van der Waals surface area (Å²) >= 11 is 3.47. The SMILES string of the molecule is CCNC(=NCC(C)Oc1ccccc1Br)NCCNC(=O)C(C)C.I. The Kier molecular flexibility index (Phi) is 13.5. The van der Waals surface area contributed by atoms with Gasteiger partial charge >= 0.3 is 0 Å². The van der Waals surface area contributed by atoms with Gasteiger partial charge in [0.25, 0.3) is 0 Å². The highest BCUT2D eigenvalue weighted by molar-refractivity contribution is 14.0. The molecule has 0 aliphatic carbocycles. The Balaban J connectivity index is 0.00000625. The summed E-state index contributed by atoms with van der Waals surface area (Å²) in [6.45, 7) is 10.2. The predicted octanol–water partition coefficient (Wildman–Crippen LogP) is 3.16. The van der Waals surface area contributed by atoms with Crippen molar-refractivity contribution in [1.29, 1.82) is 0 Å². The van der Waals surface area contributed by atoms with Gasteiger partial charge in [-0.3, -0.25) is 4.79 Å². The molecule has 1 unspecified atom stereocenters. The molecule has 0 aliphatic heterocycles. The maximum absolute atomic E-state index is 11.5. The molecule has 0 aliphatic rings. The third-order valence-corrected chi connectivity index (χ3v) is 3.91. The zero-order chi connectivity index (χ0) is 18.7. The third-order valence-electron chi connectivity index (χ3n) is 3.26. The number of hydrogen-bond acceptors (Lipinski definition) is 3. The molecule has 0 radical (unpaired) electrons. The quantitative estimate of drug-likeness (QED) is 0.195. The van der Waals surface area contributed by atoms with Crippen LogP contribution in [0.15, 0.2) is 33.7 Å². The summed E-state index contributed by atoms with van der Waals surface area (Å²) in [5.41, 5.74) is 0. The van der Waals surface area contributed by atoms with Crippen LogP contribution in [0.5, 0.6) is 5.75 Å². The van der Waals surface area contributed by atoms with Gasteiger partial charge in [-0.15, -0.1) is 24.0 Å². The zero-order valence-corrected chi connectivity index (χ0v) is 19.8. The summed E-state index contributed by atoms with van der Waals surface area (Å²) in [4.78, 5) is 16.1. The number of carbonyl (C=O) groups excluding carboxylic acids is 1. The Morgan fingerprint density at radius 2 is 1.81 bits per heavy atom. The topological polar surface area (TPSA) is 74.8 Å². The van der Waals surface area contributed by atoms with E-state index in [4.69, 9.17) is 4.74 Å². The van der Waals surface area contributed by atoms with Crippen molar-refractivity contribution in [1.82, 2.24) is 16.0 Å². The molecular weight excluding hydrogens is 511 g/mol. The highest BCUT2D eigenvalue weighted by Gasteiger charge is 2.08. The zero-order valence-electron chi connectivity index (χ0n) is 15.8. The lowest BCUT2D eigenvalue weighted by Gasteiger charge is -2.16. The van der Waals surface area contributed by atoms with Gasteiger partial charge in [0, 0.05) is 25.6 Å². The van der Waals surface area contributed by atoms with Crippen molar-refractivity contribution in [2.75, 3.05) is 26.2 Å². The molecule has 0 aromatic heterocycles. The van der Waals surface area contributed by atoms with Crippen molar-refractivity contribution in [2.24, 2.45) is 10.9 Å². The first kappa shape index (κ1) is 25.0. The number of halogens is 2. The van der Waals surface area contributed by atoms with Crippen LogP contribution < -0.4 is 20.7 Å². The van der Waals surface area contributed by atoms with Crippen molar-refractivity contribution in [3.8, 4) is 5.75 Å². The molecule has 0 fully saturated rings. The average Bonchev–Trinajstić information content (AvgIpc) is 2.58. The maximum Gasteiger partial charge on any atom is 0.222 e. The second-order valence-corrected chi connectivity index (χ2v) is 6.81. The standard InChI is InChI=1S/C18H29BrN4O2.HI/c1-5-20-18(22-11-10-21-17(24)13(2)3)23-12-14(4)25-16-9-7-6-8-15(16)19;/h6-9,13-14H,5,10-12H2,1-4H3,(H,21,24)(H2,20,22,23);1H. The number of rotatable bonds is 9. The fourth-order valence-corrected chi connectivity index (χ4v) is 2.30. The minimum atomic E-state index is -0.0604. The van der Waals surface area contributed by atoms with E-state index in [1.54, 1.807) is 0 Å². The van der Waals surface area contributed by atoms with E-state index in [1.165, 1.54) is 0 Å². The lowest BCUT2D eigenvalue weighted by Crippen LogP contribution is -2.42. The molecule has 8 heteroatoms. The van der Waals surface area contributed by atoms with E-state index in [2.05, 4.69) is 36.9 Å².